The number of rotatable bonds is 1. The average molecular weight is 523 g/mol. The number of nitrogens with one attached hydrogen (secondary N) is 2. The zero-order chi connectivity index (χ0) is 22.4. The monoisotopic (exact) mass is 522 g/mol. The summed E-state index contributed by atoms with van der Waals surface area (Å²) in [6.07, 6.45) is 11.7. The molecule has 5 heterocycles. The first-order valence-electron chi connectivity index (χ1n) is 10.5. The topological polar surface area (TPSA) is 91.5 Å². The molecule has 0 atom stereocenters. The Balaban J connectivity index is 0.00000144. The van der Waals surface area contributed by atoms with Gasteiger partial charge in [-0.2, -0.15) is 8.42 Å². The lowest BCUT2D eigenvalue weighted by molar-refractivity contribution is 0.627. The van der Waals surface area contributed by atoms with Gasteiger partial charge >= 0.3 is 0 Å². The van der Waals surface area contributed by atoms with E-state index in [9.17, 15) is 8.42 Å². The fourth-order valence-electron chi connectivity index (χ4n) is 4.10. The van der Waals surface area contributed by atoms with Gasteiger partial charge in [-0.05, 0) is 78.4 Å². The van der Waals surface area contributed by atoms with Crippen LogP contribution in [0.2, 0.25) is 0 Å². The molecule has 0 fully saturated rings. The summed E-state index contributed by atoms with van der Waals surface area (Å²) in [4.78, 5) is 16.7. The summed E-state index contributed by atoms with van der Waals surface area (Å²) in [5.74, 6) is 0. The molecular formula is C26H20Cl2N4O2S. The quantitative estimate of drug-likeness (QED) is 0.308. The molecule has 0 spiro atoms. The van der Waals surface area contributed by atoms with Crippen LogP contribution >= 0.6 is 24.8 Å². The Morgan fingerprint density at radius 3 is 1.89 bits per heavy atom. The van der Waals surface area contributed by atoms with Crippen molar-refractivity contribution in [2.45, 2.75) is 6.42 Å². The number of aromatic amines is 2. The largest absolute Gasteiger partial charge is 0.355 e. The van der Waals surface area contributed by atoms with Crippen LogP contribution in [0.1, 0.15) is 29.2 Å². The van der Waals surface area contributed by atoms with E-state index in [1.807, 2.05) is 72.8 Å². The van der Waals surface area contributed by atoms with Crippen LogP contribution in [-0.4, -0.2) is 33.2 Å². The SMILES string of the molecule is Cl.Cl.O=S(=O)=C1C=CC(C2=Cc3cc4ccc(cc5ccc(cc6nc(cc2n3)C=C6)[nH]5)[nH]4)=CC1. The normalized spacial score (nSPS) is 14.0. The number of nitrogens with zero attached hydrogens (tertiary/aromatic N) is 2. The molecule has 3 aromatic heterocycles. The van der Waals surface area contributed by atoms with Gasteiger partial charge in [0, 0.05) is 34.1 Å². The van der Waals surface area contributed by atoms with Crippen LogP contribution in [0, 0.1) is 0 Å². The molecule has 9 heteroatoms. The van der Waals surface area contributed by atoms with Crippen molar-refractivity contribution in [2.24, 2.45) is 0 Å². The molecule has 0 saturated carbocycles. The van der Waals surface area contributed by atoms with Gasteiger partial charge in [-0.25, -0.2) is 9.97 Å². The molecule has 3 aliphatic rings. The van der Waals surface area contributed by atoms with Crippen molar-refractivity contribution >= 4 is 85.8 Å². The highest BCUT2D eigenvalue weighted by atomic mass is 35.5. The van der Waals surface area contributed by atoms with E-state index in [2.05, 4.69) is 16.0 Å². The number of hydrogen-bond donors (Lipinski definition) is 2. The van der Waals surface area contributed by atoms with Crippen molar-refractivity contribution in [1.29, 1.82) is 0 Å². The highest BCUT2D eigenvalue weighted by Crippen LogP contribution is 2.31. The van der Waals surface area contributed by atoms with E-state index in [0.717, 1.165) is 56.0 Å². The first-order chi connectivity index (χ1) is 16.1. The summed E-state index contributed by atoms with van der Waals surface area (Å²) in [6.45, 7) is 0. The molecule has 0 saturated heterocycles. The number of halogens is 2. The molecule has 2 N–H and O–H groups in total. The maximum atomic E-state index is 11.3. The summed E-state index contributed by atoms with van der Waals surface area (Å²) in [7, 11) is -2.20. The summed E-state index contributed by atoms with van der Waals surface area (Å²) in [5.41, 5.74) is 9.08. The second-order valence-electron chi connectivity index (χ2n) is 7.99. The lowest BCUT2D eigenvalue weighted by atomic mass is 9.97. The first-order valence-corrected chi connectivity index (χ1v) is 11.6. The van der Waals surface area contributed by atoms with E-state index in [0.29, 0.717) is 11.3 Å². The molecule has 0 amide bonds. The van der Waals surface area contributed by atoms with E-state index in [1.165, 1.54) is 0 Å². The highest BCUT2D eigenvalue weighted by molar-refractivity contribution is 7.73. The van der Waals surface area contributed by atoms with Crippen molar-refractivity contribution in [1.82, 2.24) is 19.9 Å². The Labute approximate surface area is 215 Å². The van der Waals surface area contributed by atoms with Crippen LogP contribution in [0.25, 0.3) is 45.9 Å². The fraction of sp³-hybridized carbons (Fsp3) is 0.0385. The molecule has 6 nitrogen and oxygen atoms in total. The van der Waals surface area contributed by atoms with Gasteiger partial charge in [-0.3, -0.25) is 0 Å². The predicted octanol–water partition coefficient (Wildman–Crippen LogP) is 5.81. The molecule has 1 aliphatic carbocycles. The zero-order valence-corrected chi connectivity index (χ0v) is 20.7. The molecule has 8 bridgehead atoms. The Morgan fingerprint density at radius 2 is 1.29 bits per heavy atom. The van der Waals surface area contributed by atoms with Gasteiger partial charge < -0.3 is 9.97 Å². The van der Waals surface area contributed by atoms with Gasteiger partial charge in [0.25, 0.3) is 0 Å². The number of aromatic nitrogens is 4. The van der Waals surface area contributed by atoms with Gasteiger partial charge in [0.15, 0.2) is 0 Å². The Bertz CT molecular complexity index is 1750. The summed E-state index contributed by atoms with van der Waals surface area (Å²) >= 11 is 0. The standard InChI is InChI=1S/C26H18N4O2S.2ClH/c31-33(32)24-9-1-16(2-10-24)25-14-23-13-21-6-5-19(28-21)11-17-3-4-18(27-17)12-20-7-8-22(29-20)15-26(25)30-23;;/h1-9,11-15,27-28H,10H2;2*1H. The van der Waals surface area contributed by atoms with E-state index < -0.39 is 10.3 Å². The minimum atomic E-state index is -2.20. The second kappa shape index (κ2) is 9.92. The zero-order valence-electron chi connectivity index (χ0n) is 18.2. The third kappa shape index (κ3) is 5.07. The predicted molar refractivity (Wildman–Crippen MR) is 148 cm³/mol. The van der Waals surface area contributed by atoms with E-state index >= 15 is 0 Å². The van der Waals surface area contributed by atoms with Crippen LogP contribution in [0.15, 0.2) is 72.3 Å². The van der Waals surface area contributed by atoms with Crippen LogP contribution in [-0.2, 0) is 10.3 Å². The first kappa shape index (κ1) is 24.5. The molecule has 2 aliphatic heterocycles. The molecule has 0 radical (unpaired) electrons. The smallest absolute Gasteiger partial charge is 0.217 e. The lowest BCUT2D eigenvalue weighted by Gasteiger charge is -2.08. The maximum absolute atomic E-state index is 11.3. The van der Waals surface area contributed by atoms with Crippen LogP contribution in [0.5, 0.6) is 0 Å². The summed E-state index contributed by atoms with van der Waals surface area (Å²) in [5, 5.41) is 0. The summed E-state index contributed by atoms with van der Waals surface area (Å²) in [6, 6.07) is 16.1. The highest BCUT2D eigenvalue weighted by Gasteiger charge is 2.16. The number of fused-ring (bicyclic) bond motifs is 8. The summed E-state index contributed by atoms with van der Waals surface area (Å²) < 4.78 is 22.6. The third-order valence-electron chi connectivity index (χ3n) is 5.66. The molecule has 0 unspecified atom stereocenters. The van der Waals surface area contributed by atoms with Crippen molar-refractivity contribution in [2.75, 3.05) is 0 Å². The maximum Gasteiger partial charge on any atom is 0.217 e. The van der Waals surface area contributed by atoms with Gasteiger partial charge in [-0.15, -0.1) is 24.8 Å². The van der Waals surface area contributed by atoms with Crippen molar-refractivity contribution in [3.8, 4) is 0 Å². The van der Waals surface area contributed by atoms with Gasteiger partial charge in [0.2, 0.25) is 10.3 Å². The lowest BCUT2D eigenvalue weighted by Crippen LogP contribution is -2.00. The molecule has 35 heavy (non-hydrogen) atoms. The molecule has 3 aromatic rings. The van der Waals surface area contributed by atoms with Crippen LogP contribution < -0.4 is 0 Å². The van der Waals surface area contributed by atoms with E-state index in [-0.39, 0.29) is 24.8 Å². The Hall–Kier alpha value is -3.65. The van der Waals surface area contributed by atoms with Crippen LogP contribution in [0.4, 0.5) is 0 Å². The van der Waals surface area contributed by atoms with Crippen molar-refractivity contribution < 1.29 is 8.42 Å². The number of hydrogen-bond acceptors (Lipinski definition) is 4. The average Bonchev–Trinajstić information content (AvgIpc) is 3.59. The molecule has 6 rings (SSSR count). The van der Waals surface area contributed by atoms with Crippen LogP contribution in [0.3, 0.4) is 0 Å². The molecule has 0 aromatic carbocycles. The van der Waals surface area contributed by atoms with Crippen molar-refractivity contribution in [3.05, 3.63) is 95.1 Å². The minimum Gasteiger partial charge on any atom is -0.355 e. The third-order valence-corrected chi connectivity index (χ3v) is 6.39. The van der Waals surface area contributed by atoms with E-state index in [1.54, 1.807) is 6.08 Å². The Morgan fingerprint density at radius 1 is 0.686 bits per heavy atom. The minimum absolute atomic E-state index is 0. The van der Waals surface area contributed by atoms with Gasteiger partial charge in [0.1, 0.15) is 0 Å². The van der Waals surface area contributed by atoms with Gasteiger partial charge in [0.05, 0.1) is 27.6 Å². The number of H-pyrrole nitrogens is 2. The molecule has 176 valence electrons. The number of allylic oxidation sites excluding steroid dienone is 5. The van der Waals surface area contributed by atoms with E-state index in [4.69, 9.17) is 9.97 Å². The van der Waals surface area contributed by atoms with Gasteiger partial charge in [-0.1, -0.05) is 12.2 Å². The van der Waals surface area contributed by atoms with Crippen molar-refractivity contribution in [3.63, 3.8) is 0 Å². The second-order valence-corrected chi connectivity index (χ2v) is 8.98. The molecular weight excluding hydrogens is 503 g/mol. The Kier molecular flexibility index (Phi) is 6.93. The fourth-order valence-corrected chi connectivity index (χ4v) is 4.50.